The van der Waals surface area contributed by atoms with Gasteiger partial charge >= 0.3 is 6.36 Å². The summed E-state index contributed by atoms with van der Waals surface area (Å²) in [5.74, 6) is -0.533. The number of hydrogen-bond acceptors (Lipinski definition) is 2. The van der Waals surface area contributed by atoms with Crippen molar-refractivity contribution in [1.29, 1.82) is 0 Å². The SMILES string of the molecule is Cc1cc2ccc(F)cc2n2c(-c3ccccc3OC(F)(F)F)nc(C)c12. The number of para-hydroxylation sites is 1. The van der Waals surface area contributed by atoms with Crippen LogP contribution in [0.2, 0.25) is 0 Å². The van der Waals surface area contributed by atoms with Crippen LogP contribution in [0.1, 0.15) is 11.3 Å². The van der Waals surface area contributed by atoms with Gasteiger partial charge in [0.15, 0.2) is 0 Å². The van der Waals surface area contributed by atoms with Crippen LogP contribution in [-0.2, 0) is 0 Å². The Labute approximate surface area is 151 Å². The van der Waals surface area contributed by atoms with Gasteiger partial charge in [-0.2, -0.15) is 0 Å². The van der Waals surface area contributed by atoms with Gasteiger partial charge in [-0.1, -0.05) is 12.1 Å². The van der Waals surface area contributed by atoms with Gasteiger partial charge in [-0.15, -0.1) is 13.2 Å². The Bertz CT molecular complexity index is 1180. The molecule has 0 aliphatic rings. The maximum absolute atomic E-state index is 13.9. The van der Waals surface area contributed by atoms with Crippen LogP contribution in [0.15, 0.2) is 48.5 Å². The average molecular weight is 374 g/mol. The Morgan fingerprint density at radius 3 is 2.48 bits per heavy atom. The monoisotopic (exact) mass is 374 g/mol. The quantitative estimate of drug-likeness (QED) is 0.414. The summed E-state index contributed by atoms with van der Waals surface area (Å²) in [4.78, 5) is 4.48. The zero-order chi connectivity index (χ0) is 19.3. The van der Waals surface area contributed by atoms with Crippen molar-refractivity contribution >= 4 is 16.4 Å². The standard InChI is InChI=1S/C20H14F4N2O/c1-11-9-13-7-8-14(21)10-16(13)26-18(11)12(2)25-19(26)15-5-3-4-6-17(15)27-20(22,23)24/h3-10H,1-2H3. The van der Waals surface area contributed by atoms with E-state index in [9.17, 15) is 17.6 Å². The predicted molar refractivity (Wildman–Crippen MR) is 94.2 cm³/mol. The Balaban J connectivity index is 2.10. The van der Waals surface area contributed by atoms with Gasteiger partial charge < -0.3 is 4.74 Å². The van der Waals surface area contributed by atoms with Crippen molar-refractivity contribution in [2.24, 2.45) is 0 Å². The highest BCUT2D eigenvalue weighted by molar-refractivity contribution is 5.88. The number of alkyl halides is 3. The van der Waals surface area contributed by atoms with E-state index in [0.29, 0.717) is 11.2 Å². The van der Waals surface area contributed by atoms with Crippen molar-refractivity contribution in [3.63, 3.8) is 0 Å². The van der Waals surface area contributed by atoms with Gasteiger partial charge in [0.05, 0.1) is 22.3 Å². The second-order valence-electron chi connectivity index (χ2n) is 6.28. The molecular weight excluding hydrogens is 360 g/mol. The van der Waals surface area contributed by atoms with E-state index in [0.717, 1.165) is 16.5 Å². The van der Waals surface area contributed by atoms with E-state index in [1.54, 1.807) is 23.5 Å². The molecule has 138 valence electrons. The Kier molecular flexibility index (Phi) is 3.83. The number of aromatic nitrogens is 2. The largest absolute Gasteiger partial charge is 0.573 e. The van der Waals surface area contributed by atoms with E-state index in [4.69, 9.17) is 0 Å². The molecule has 0 saturated carbocycles. The van der Waals surface area contributed by atoms with Crippen LogP contribution >= 0.6 is 0 Å². The molecule has 0 N–H and O–H groups in total. The lowest BCUT2D eigenvalue weighted by Gasteiger charge is -2.14. The molecule has 2 heterocycles. The van der Waals surface area contributed by atoms with Crippen LogP contribution < -0.4 is 4.74 Å². The van der Waals surface area contributed by atoms with Gasteiger partial charge in [-0.05, 0) is 61.2 Å². The first-order valence-corrected chi connectivity index (χ1v) is 8.17. The molecule has 2 aromatic heterocycles. The number of ether oxygens (including phenoxy) is 1. The highest BCUT2D eigenvalue weighted by atomic mass is 19.4. The predicted octanol–water partition coefficient (Wildman–Crippen LogP) is 5.81. The molecule has 0 spiro atoms. The van der Waals surface area contributed by atoms with Crippen LogP contribution in [0, 0.1) is 19.7 Å². The Morgan fingerprint density at radius 2 is 1.74 bits per heavy atom. The first kappa shape index (κ1) is 17.3. The van der Waals surface area contributed by atoms with Crippen molar-refractivity contribution in [1.82, 2.24) is 9.38 Å². The summed E-state index contributed by atoms with van der Waals surface area (Å²) in [6, 6.07) is 12.0. The number of hydrogen-bond donors (Lipinski definition) is 0. The minimum Gasteiger partial charge on any atom is -0.405 e. The minimum atomic E-state index is -4.83. The summed E-state index contributed by atoms with van der Waals surface area (Å²) >= 11 is 0. The van der Waals surface area contributed by atoms with Crippen molar-refractivity contribution < 1.29 is 22.3 Å². The van der Waals surface area contributed by atoms with Crippen LogP contribution in [0.3, 0.4) is 0 Å². The number of aryl methyl sites for hydroxylation is 2. The summed E-state index contributed by atoms with van der Waals surface area (Å²) in [6.07, 6.45) is -4.83. The van der Waals surface area contributed by atoms with Crippen molar-refractivity contribution in [3.8, 4) is 17.1 Å². The highest BCUT2D eigenvalue weighted by Crippen LogP contribution is 2.36. The molecular formula is C20H14F4N2O. The molecule has 0 bridgehead atoms. The number of pyridine rings is 1. The number of nitrogens with zero attached hydrogens (tertiary/aromatic N) is 2. The molecule has 7 heteroatoms. The van der Waals surface area contributed by atoms with E-state index in [1.807, 2.05) is 13.0 Å². The first-order valence-electron chi connectivity index (χ1n) is 8.17. The lowest BCUT2D eigenvalue weighted by molar-refractivity contribution is -0.274. The fourth-order valence-electron chi connectivity index (χ4n) is 3.41. The third-order valence-electron chi connectivity index (χ3n) is 4.38. The molecule has 27 heavy (non-hydrogen) atoms. The molecule has 0 unspecified atom stereocenters. The van der Waals surface area contributed by atoms with E-state index in [2.05, 4.69) is 9.72 Å². The van der Waals surface area contributed by atoms with Crippen LogP contribution in [0.5, 0.6) is 5.75 Å². The molecule has 0 radical (unpaired) electrons. The summed E-state index contributed by atoms with van der Waals surface area (Å²) < 4.78 is 58.2. The van der Waals surface area contributed by atoms with Crippen molar-refractivity contribution in [3.05, 3.63) is 65.6 Å². The van der Waals surface area contributed by atoms with E-state index < -0.39 is 12.2 Å². The fourth-order valence-corrected chi connectivity index (χ4v) is 3.41. The summed E-state index contributed by atoms with van der Waals surface area (Å²) in [6.45, 7) is 3.65. The number of imidazole rings is 1. The maximum atomic E-state index is 13.9. The van der Waals surface area contributed by atoms with Gasteiger partial charge in [-0.25, -0.2) is 9.37 Å². The fraction of sp³-hybridized carbons (Fsp3) is 0.150. The van der Waals surface area contributed by atoms with Gasteiger partial charge in [-0.3, -0.25) is 4.40 Å². The zero-order valence-corrected chi connectivity index (χ0v) is 14.4. The van der Waals surface area contributed by atoms with E-state index in [1.165, 1.54) is 30.3 Å². The number of rotatable bonds is 2. The Morgan fingerprint density at radius 1 is 1.00 bits per heavy atom. The van der Waals surface area contributed by atoms with Gasteiger partial charge in [0.25, 0.3) is 0 Å². The number of fused-ring (bicyclic) bond motifs is 3. The smallest absolute Gasteiger partial charge is 0.405 e. The minimum absolute atomic E-state index is 0.175. The molecule has 0 aliphatic heterocycles. The van der Waals surface area contributed by atoms with Gasteiger partial charge in [0.1, 0.15) is 17.4 Å². The topological polar surface area (TPSA) is 26.5 Å². The molecule has 0 aliphatic carbocycles. The molecule has 4 rings (SSSR count). The Hall–Kier alpha value is -3.09. The average Bonchev–Trinajstić information content (AvgIpc) is 2.93. The molecule has 2 aromatic carbocycles. The normalized spacial score (nSPS) is 12.1. The van der Waals surface area contributed by atoms with E-state index in [-0.39, 0.29) is 17.1 Å². The van der Waals surface area contributed by atoms with E-state index >= 15 is 0 Å². The second-order valence-corrected chi connectivity index (χ2v) is 6.28. The lowest BCUT2D eigenvalue weighted by Crippen LogP contribution is -2.17. The third kappa shape index (κ3) is 2.99. The molecule has 0 amide bonds. The van der Waals surface area contributed by atoms with Crippen LogP contribution in [0.25, 0.3) is 27.8 Å². The molecule has 0 saturated heterocycles. The summed E-state index contributed by atoms with van der Waals surface area (Å²) in [7, 11) is 0. The third-order valence-corrected chi connectivity index (χ3v) is 4.38. The molecule has 0 atom stereocenters. The molecule has 3 nitrogen and oxygen atoms in total. The first-order chi connectivity index (χ1) is 12.7. The number of halogens is 4. The zero-order valence-electron chi connectivity index (χ0n) is 14.4. The molecule has 4 aromatic rings. The highest BCUT2D eigenvalue weighted by Gasteiger charge is 2.32. The second kappa shape index (κ2) is 5.97. The lowest BCUT2D eigenvalue weighted by atomic mass is 10.1. The summed E-state index contributed by atoms with van der Waals surface area (Å²) in [5.41, 5.74) is 2.95. The number of benzene rings is 2. The van der Waals surface area contributed by atoms with Crippen molar-refractivity contribution in [2.45, 2.75) is 20.2 Å². The van der Waals surface area contributed by atoms with Gasteiger partial charge in [0.2, 0.25) is 0 Å². The molecule has 0 fully saturated rings. The van der Waals surface area contributed by atoms with Crippen molar-refractivity contribution in [2.75, 3.05) is 0 Å². The van der Waals surface area contributed by atoms with Crippen LogP contribution in [-0.4, -0.2) is 15.7 Å². The van der Waals surface area contributed by atoms with Crippen LogP contribution in [0.4, 0.5) is 17.6 Å². The maximum Gasteiger partial charge on any atom is 0.573 e. The summed E-state index contributed by atoms with van der Waals surface area (Å²) in [5, 5.41) is 0.759. The van der Waals surface area contributed by atoms with Gasteiger partial charge in [0, 0.05) is 0 Å².